The van der Waals surface area contributed by atoms with Gasteiger partial charge >= 0.3 is 5.97 Å². The summed E-state index contributed by atoms with van der Waals surface area (Å²) in [5, 5.41) is 0. The van der Waals surface area contributed by atoms with E-state index in [1.807, 2.05) is 37.2 Å². The molecular formula is C22H26N2O3. The maximum absolute atomic E-state index is 12.6. The lowest BCUT2D eigenvalue weighted by atomic mass is 9.87. The maximum Gasteiger partial charge on any atom is 0.338 e. The molecule has 1 atom stereocenters. The van der Waals surface area contributed by atoms with Crippen molar-refractivity contribution < 1.29 is 14.3 Å². The molecule has 5 heteroatoms. The third kappa shape index (κ3) is 4.30. The van der Waals surface area contributed by atoms with Gasteiger partial charge in [-0.3, -0.25) is 4.79 Å². The number of hydrogen-bond donors (Lipinski definition) is 0. The van der Waals surface area contributed by atoms with Crippen LogP contribution in [0.5, 0.6) is 0 Å². The van der Waals surface area contributed by atoms with Crippen molar-refractivity contribution in [3.63, 3.8) is 0 Å². The zero-order chi connectivity index (χ0) is 19.4. The van der Waals surface area contributed by atoms with Crippen LogP contribution in [0.25, 0.3) is 0 Å². The van der Waals surface area contributed by atoms with Crippen molar-refractivity contribution in [1.82, 2.24) is 4.90 Å². The van der Waals surface area contributed by atoms with Gasteiger partial charge in [-0.25, -0.2) is 4.79 Å². The normalized spacial score (nSPS) is 15.6. The number of rotatable bonds is 5. The number of amides is 1. The standard InChI is InChI=1S/C22H26N2O3/c1-23(2)18-11-6-10-17(14-18)22(26)27-15-21(25)24(3)20-13-7-9-16-8-4-5-12-19(16)20/h4-6,8,10-12,14,20H,7,9,13,15H2,1-3H3. The molecule has 3 rings (SSSR count). The van der Waals surface area contributed by atoms with Gasteiger partial charge in [0.05, 0.1) is 11.6 Å². The van der Waals surface area contributed by atoms with Crippen LogP contribution in [0.15, 0.2) is 48.5 Å². The van der Waals surface area contributed by atoms with Gasteiger partial charge in [0.1, 0.15) is 0 Å². The molecule has 1 aliphatic rings. The molecule has 0 aromatic heterocycles. The summed E-state index contributed by atoms with van der Waals surface area (Å²) in [6, 6.07) is 15.5. The van der Waals surface area contributed by atoms with E-state index in [0.29, 0.717) is 5.56 Å². The summed E-state index contributed by atoms with van der Waals surface area (Å²) >= 11 is 0. The number of benzene rings is 2. The first-order valence-electron chi connectivity index (χ1n) is 9.25. The zero-order valence-electron chi connectivity index (χ0n) is 16.1. The molecule has 0 fully saturated rings. The SMILES string of the molecule is CN(C)c1cccc(C(=O)OCC(=O)N(C)C2CCCc3ccccc32)c1. The van der Waals surface area contributed by atoms with E-state index in [-0.39, 0.29) is 18.6 Å². The van der Waals surface area contributed by atoms with Crippen LogP contribution in [0.3, 0.4) is 0 Å². The largest absolute Gasteiger partial charge is 0.452 e. The molecule has 1 amide bonds. The van der Waals surface area contributed by atoms with Crippen molar-refractivity contribution in [3.05, 3.63) is 65.2 Å². The summed E-state index contributed by atoms with van der Waals surface area (Å²) < 4.78 is 5.28. The molecular weight excluding hydrogens is 340 g/mol. The third-order valence-electron chi connectivity index (χ3n) is 5.12. The van der Waals surface area contributed by atoms with Crippen molar-refractivity contribution in [2.24, 2.45) is 0 Å². The second-order valence-electron chi connectivity index (χ2n) is 7.13. The van der Waals surface area contributed by atoms with Crippen LogP contribution in [-0.4, -0.2) is 44.5 Å². The lowest BCUT2D eigenvalue weighted by Crippen LogP contribution is -2.36. The molecule has 0 heterocycles. The van der Waals surface area contributed by atoms with E-state index in [9.17, 15) is 9.59 Å². The van der Waals surface area contributed by atoms with E-state index in [2.05, 4.69) is 12.1 Å². The number of fused-ring (bicyclic) bond motifs is 1. The number of nitrogens with zero attached hydrogens (tertiary/aromatic N) is 2. The fourth-order valence-electron chi connectivity index (χ4n) is 3.53. The Morgan fingerprint density at radius 2 is 1.85 bits per heavy atom. The van der Waals surface area contributed by atoms with E-state index in [1.54, 1.807) is 30.1 Å². The topological polar surface area (TPSA) is 49.9 Å². The molecule has 2 aromatic carbocycles. The van der Waals surface area contributed by atoms with Crippen LogP contribution >= 0.6 is 0 Å². The van der Waals surface area contributed by atoms with E-state index in [4.69, 9.17) is 4.74 Å². The molecule has 142 valence electrons. The smallest absolute Gasteiger partial charge is 0.338 e. The van der Waals surface area contributed by atoms with E-state index in [1.165, 1.54) is 11.1 Å². The molecule has 0 radical (unpaired) electrons. The van der Waals surface area contributed by atoms with Crippen LogP contribution in [-0.2, 0) is 16.0 Å². The van der Waals surface area contributed by atoms with Crippen LogP contribution < -0.4 is 4.90 Å². The molecule has 5 nitrogen and oxygen atoms in total. The predicted octanol–water partition coefficient (Wildman–Crippen LogP) is 3.45. The Morgan fingerprint density at radius 3 is 2.63 bits per heavy atom. The lowest BCUT2D eigenvalue weighted by Gasteiger charge is -2.33. The molecule has 0 saturated carbocycles. The van der Waals surface area contributed by atoms with Gasteiger partial charge in [0, 0.05) is 26.8 Å². The Labute approximate surface area is 160 Å². The minimum Gasteiger partial charge on any atom is -0.452 e. The summed E-state index contributed by atoms with van der Waals surface area (Å²) in [7, 11) is 5.60. The average molecular weight is 366 g/mol. The van der Waals surface area contributed by atoms with E-state index in [0.717, 1.165) is 24.9 Å². The summed E-state index contributed by atoms with van der Waals surface area (Å²) in [6.45, 7) is -0.250. The lowest BCUT2D eigenvalue weighted by molar-refractivity contribution is -0.135. The first-order chi connectivity index (χ1) is 13.0. The number of esters is 1. The average Bonchev–Trinajstić information content (AvgIpc) is 2.70. The van der Waals surface area contributed by atoms with Crippen molar-refractivity contribution in [1.29, 1.82) is 0 Å². The highest BCUT2D eigenvalue weighted by atomic mass is 16.5. The summed E-state index contributed by atoms with van der Waals surface area (Å²) in [5.74, 6) is -0.668. The Hall–Kier alpha value is -2.82. The van der Waals surface area contributed by atoms with Crippen molar-refractivity contribution in [2.75, 3.05) is 32.6 Å². The molecule has 0 N–H and O–H groups in total. The van der Waals surface area contributed by atoms with Crippen LogP contribution in [0, 0.1) is 0 Å². The Morgan fingerprint density at radius 1 is 1.07 bits per heavy atom. The number of carbonyl (C=O) groups excluding carboxylic acids is 2. The Kier molecular flexibility index (Phi) is 5.79. The van der Waals surface area contributed by atoms with Gasteiger partial charge in [0.25, 0.3) is 5.91 Å². The predicted molar refractivity (Wildman–Crippen MR) is 106 cm³/mol. The highest BCUT2D eigenvalue weighted by Gasteiger charge is 2.27. The fraction of sp³-hybridized carbons (Fsp3) is 0.364. The number of ether oxygens (including phenoxy) is 1. The molecule has 0 aliphatic heterocycles. The Bertz CT molecular complexity index is 832. The van der Waals surface area contributed by atoms with Gasteiger partial charge in [0.2, 0.25) is 0 Å². The molecule has 2 aromatic rings. The second kappa shape index (κ2) is 8.25. The second-order valence-corrected chi connectivity index (χ2v) is 7.13. The maximum atomic E-state index is 12.6. The first kappa shape index (κ1) is 19.0. The van der Waals surface area contributed by atoms with Gasteiger partial charge in [-0.15, -0.1) is 0 Å². The molecule has 1 unspecified atom stereocenters. The van der Waals surface area contributed by atoms with Crippen LogP contribution in [0.1, 0.15) is 40.4 Å². The number of aryl methyl sites for hydroxylation is 1. The monoisotopic (exact) mass is 366 g/mol. The third-order valence-corrected chi connectivity index (χ3v) is 5.12. The zero-order valence-corrected chi connectivity index (χ0v) is 16.1. The number of hydrogen-bond acceptors (Lipinski definition) is 4. The van der Waals surface area contributed by atoms with Crippen molar-refractivity contribution >= 4 is 17.6 Å². The van der Waals surface area contributed by atoms with Crippen molar-refractivity contribution in [2.45, 2.75) is 25.3 Å². The number of carbonyl (C=O) groups is 2. The van der Waals surface area contributed by atoms with Gasteiger partial charge in [-0.2, -0.15) is 0 Å². The summed E-state index contributed by atoms with van der Waals surface area (Å²) in [6.07, 6.45) is 3.03. The van der Waals surface area contributed by atoms with Gasteiger partial charge in [0.15, 0.2) is 6.61 Å². The molecule has 0 saturated heterocycles. The molecule has 0 spiro atoms. The van der Waals surface area contributed by atoms with Gasteiger partial charge in [-0.05, 0) is 48.6 Å². The summed E-state index contributed by atoms with van der Waals surface area (Å²) in [5.41, 5.74) is 3.85. The Balaban J connectivity index is 1.63. The molecule has 1 aliphatic carbocycles. The summed E-state index contributed by atoms with van der Waals surface area (Å²) in [4.78, 5) is 28.5. The van der Waals surface area contributed by atoms with Crippen molar-refractivity contribution in [3.8, 4) is 0 Å². The number of likely N-dealkylation sites (N-methyl/N-ethyl adjacent to an activating group) is 1. The minimum absolute atomic E-state index is 0.0400. The molecule has 27 heavy (non-hydrogen) atoms. The van der Waals surface area contributed by atoms with Gasteiger partial charge < -0.3 is 14.5 Å². The fourth-order valence-corrected chi connectivity index (χ4v) is 3.53. The van der Waals surface area contributed by atoms with Crippen LogP contribution in [0.2, 0.25) is 0 Å². The minimum atomic E-state index is -0.482. The number of anilines is 1. The van der Waals surface area contributed by atoms with E-state index < -0.39 is 5.97 Å². The quantitative estimate of drug-likeness (QED) is 0.761. The molecule has 0 bridgehead atoms. The first-order valence-corrected chi connectivity index (χ1v) is 9.25. The van der Waals surface area contributed by atoms with Crippen LogP contribution in [0.4, 0.5) is 5.69 Å². The highest BCUT2D eigenvalue weighted by molar-refractivity contribution is 5.92. The highest BCUT2D eigenvalue weighted by Crippen LogP contribution is 2.33. The van der Waals surface area contributed by atoms with Gasteiger partial charge in [-0.1, -0.05) is 30.3 Å². The van der Waals surface area contributed by atoms with E-state index >= 15 is 0 Å².